The second-order valence-corrected chi connectivity index (χ2v) is 6.63. The average Bonchev–Trinajstić information content (AvgIpc) is 2.53. The molecule has 0 saturated carbocycles. The first-order valence-electron chi connectivity index (χ1n) is 8.56. The van der Waals surface area contributed by atoms with Gasteiger partial charge in [0.2, 0.25) is 11.8 Å². The third-order valence-corrected chi connectivity index (χ3v) is 4.57. The van der Waals surface area contributed by atoms with Gasteiger partial charge in [0, 0.05) is 37.2 Å². The maximum absolute atomic E-state index is 14.1. The fraction of sp³-hybridized carbons (Fsp3) is 0.556. The molecule has 0 aliphatic carbocycles. The van der Waals surface area contributed by atoms with Crippen LogP contribution in [0, 0.1) is 11.6 Å². The van der Waals surface area contributed by atoms with Crippen molar-refractivity contribution < 1.29 is 18.4 Å². The average molecular weight is 353 g/mol. The number of carbonyl (C=O) groups is 2. The number of likely N-dealkylation sites (tertiary alicyclic amines) is 1. The highest BCUT2D eigenvalue weighted by Crippen LogP contribution is 2.25. The van der Waals surface area contributed by atoms with Crippen molar-refractivity contribution in [2.24, 2.45) is 5.73 Å². The quantitative estimate of drug-likeness (QED) is 0.853. The van der Waals surface area contributed by atoms with E-state index in [2.05, 4.69) is 5.32 Å². The number of amides is 2. The van der Waals surface area contributed by atoms with Gasteiger partial charge >= 0.3 is 0 Å². The SMILES string of the molecule is CC(=O)NC(CC(=O)N1CCCCC1C(C)N)c1ccc(F)cc1F. The predicted octanol–water partition coefficient (Wildman–Crippen LogP) is 2.26. The van der Waals surface area contributed by atoms with Gasteiger partial charge in [-0.05, 0) is 32.3 Å². The predicted molar refractivity (Wildman–Crippen MR) is 90.5 cm³/mol. The van der Waals surface area contributed by atoms with E-state index in [0.29, 0.717) is 6.54 Å². The van der Waals surface area contributed by atoms with Crippen LogP contribution in [0.5, 0.6) is 0 Å². The maximum Gasteiger partial charge on any atom is 0.225 e. The number of piperidine rings is 1. The van der Waals surface area contributed by atoms with Crippen molar-refractivity contribution in [3.05, 3.63) is 35.4 Å². The van der Waals surface area contributed by atoms with Gasteiger partial charge in [-0.25, -0.2) is 8.78 Å². The van der Waals surface area contributed by atoms with Gasteiger partial charge in [-0.3, -0.25) is 9.59 Å². The van der Waals surface area contributed by atoms with Crippen LogP contribution in [0.4, 0.5) is 8.78 Å². The van der Waals surface area contributed by atoms with Gasteiger partial charge in [-0.2, -0.15) is 0 Å². The first kappa shape index (κ1) is 19.3. The number of hydrogen-bond donors (Lipinski definition) is 2. The molecule has 1 aliphatic rings. The number of halogens is 2. The standard InChI is InChI=1S/C18H25F2N3O2/c1-11(21)17-5-3-4-8-23(17)18(25)10-16(22-12(2)24)14-7-6-13(19)9-15(14)20/h6-7,9,11,16-17H,3-5,8,10,21H2,1-2H3,(H,22,24). The molecule has 3 unspecified atom stereocenters. The molecule has 1 fully saturated rings. The molecule has 0 spiro atoms. The minimum absolute atomic E-state index is 0.0581. The normalized spacial score (nSPS) is 20.0. The summed E-state index contributed by atoms with van der Waals surface area (Å²) >= 11 is 0. The molecule has 25 heavy (non-hydrogen) atoms. The van der Waals surface area contributed by atoms with Gasteiger partial charge in [0.1, 0.15) is 11.6 Å². The van der Waals surface area contributed by atoms with Crippen LogP contribution in [0.15, 0.2) is 18.2 Å². The maximum atomic E-state index is 14.1. The lowest BCUT2D eigenvalue weighted by molar-refractivity contribution is -0.136. The lowest BCUT2D eigenvalue weighted by atomic mass is 9.95. The van der Waals surface area contributed by atoms with Gasteiger partial charge in [0.25, 0.3) is 0 Å². The van der Waals surface area contributed by atoms with E-state index in [1.807, 2.05) is 6.92 Å². The van der Waals surface area contributed by atoms with Crippen LogP contribution in [-0.4, -0.2) is 35.3 Å². The Morgan fingerprint density at radius 1 is 1.36 bits per heavy atom. The smallest absolute Gasteiger partial charge is 0.225 e. The van der Waals surface area contributed by atoms with Crippen molar-refractivity contribution in [1.29, 1.82) is 0 Å². The summed E-state index contributed by atoms with van der Waals surface area (Å²) in [5, 5.41) is 2.59. The summed E-state index contributed by atoms with van der Waals surface area (Å²) in [4.78, 5) is 26.0. The molecule has 5 nitrogen and oxygen atoms in total. The van der Waals surface area contributed by atoms with Crippen LogP contribution in [0.3, 0.4) is 0 Å². The van der Waals surface area contributed by atoms with Crippen LogP contribution in [-0.2, 0) is 9.59 Å². The number of carbonyl (C=O) groups excluding carboxylic acids is 2. The van der Waals surface area contributed by atoms with Crippen molar-refractivity contribution in [3.63, 3.8) is 0 Å². The molecule has 3 N–H and O–H groups in total. The Bertz CT molecular complexity index is 637. The number of benzene rings is 1. The van der Waals surface area contributed by atoms with E-state index >= 15 is 0 Å². The minimum Gasteiger partial charge on any atom is -0.349 e. The van der Waals surface area contributed by atoms with E-state index < -0.39 is 17.7 Å². The Morgan fingerprint density at radius 3 is 2.68 bits per heavy atom. The highest BCUT2D eigenvalue weighted by atomic mass is 19.1. The molecular formula is C18H25F2N3O2. The van der Waals surface area contributed by atoms with Gasteiger partial charge in [-0.15, -0.1) is 0 Å². The molecule has 1 aromatic rings. The van der Waals surface area contributed by atoms with Crippen LogP contribution >= 0.6 is 0 Å². The molecule has 3 atom stereocenters. The summed E-state index contributed by atoms with van der Waals surface area (Å²) in [5.41, 5.74) is 6.09. The van der Waals surface area contributed by atoms with Crippen LogP contribution in [0.2, 0.25) is 0 Å². The van der Waals surface area contributed by atoms with Crippen molar-refractivity contribution in [2.45, 2.75) is 57.7 Å². The van der Waals surface area contributed by atoms with E-state index in [4.69, 9.17) is 5.73 Å². The molecule has 2 rings (SSSR count). The first-order valence-corrected chi connectivity index (χ1v) is 8.56. The Hall–Kier alpha value is -2.02. The number of nitrogens with zero attached hydrogens (tertiary/aromatic N) is 1. The number of rotatable bonds is 5. The summed E-state index contributed by atoms with van der Waals surface area (Å²) in [6.07, 6.45) is 2.65. The lowest BCUT2D eigenvalue weighted by Crippen LogP contribution is -2.52. The zero-order valence-corrected chi connectivity index (χ0v) is 14.6. The molecule has 1 heterocycles. The van der Waals surface area contributed by atoms with E-state index in [9.17, 15) is 18.4 Å². The summed E-state index contributed by atoms with van der Waals surface area (Å²) in [6, 6.07) is 2.06. The van der Waals surface area contributed by atoms with Gasteiger partial charge < -0.3 is 16.0 Å². The third kappa shape index (κ3) is 4.98. The largest absolute Gasteiger partial charge is 0.349 e. The Kier molecular flexibility index (Phi) is 6.47. The minimum atomic E-state index is -0.846. The Labute approximate surface area is 146 Å². The van der Waals surface area contributed by atoms with Crippen molar-refractivity contribution >= 4 is 11.8 Å². The summed E-state index contributed by atoms with van der Waals surface area (Å²) in [5.74, 6) is -2.07. The molecule has 7 heteroatoms. The van der Waals surface area contributed by atoms with Crippen molar-refractivity contribution in [1.82, 2.24) is 10.2 Å². The highest BCUT2D eigenvalue weighted by Gasteiger charge is 2.31. The number of nitrogens with two attached hydrogens (primary N) is 1. The molecular weight excluding hydrogens is 328 g/mol. The molecule has 0 aromatic heterocycles. The van der Waals surface area contributed by atoms with Crippen molar-refractivity contribution in [2.75, 3.05) is 6.54 Å². The van der Waals surface area contributed by atoms with Gasteiger partial charge in [-0.1, -0.05) is 6.07 Å². The monoisotopic (exact) mass is 353 g/mol. The lowest BCUT2D eigenvalue weighted by Gasteiger charge is -2.38. The number of nitrogens with one attached hydrogen (secondary N) is 1. The fourth-order valence-corrected chi connectivity index (χ4v) is 3.37. The van der Waals surface area contributed by atoms with Crippen LogP contribution < -0.4 is 11.1 Å². The van der Waals surface area contributed by atoms with E-state index in [-0.39, 0.29) is 35.9 Å². The molecule has 2 amide bonds. The van der Waals surface area contributed by atoms with Gasteiger partial charge in [0.05, 0.1) is 12.5 Å². The molecule has 1 saturated heterocycles. The Morgan fingerprint density at radius 2 is 2.08 bits per heavy atom. The third-order valence-electron chi connectivity index (χ3n) is 4.57. The molecule has 138 valence electrons. The fourth-order valence-electron chi connectivity index (χ4n) is 3.37. The summed E-state index contributed by atoms with van der Waals surface area (Å²) < 4.78 is 27.3. The van der Waals surface area contributed by atoms with E-state index in [0.717, 1.165) is 31.4 Å². The topological polar surface area (TPSA) is 75.4 Å². The highest BCUT2D eigenvalue weighted by molar-refractivity contribution is 5.79. The second-order valence-electron chi connectivity index (χ2n) is 6.63. The van der Waals surface area contributed by atoms with Crippen molar-refractivity contribution in [3.8, 4) is 0 Å². The Balaban J connectivity index is 2.21. The molecule has 0 bridgehead atoms. The van der Waals surface area contributed by atoms with Gasteiger partial charge in [0.15, 0.2) is 0 Å². The zero-order valence-electron chi connectivity index (χ0n) is 14.6. The first-order chi connectivity index (χ1) is 11.8. The second kappa shape index (κ2) is 8.38. The summed E-state index contributed by atoms with van der Waals surface area (Å²) in [7, 11) is 0. The van der Waals surface area contributed by atoms with Crippen LogP contribution in [0.1, 0.15) is 51.1 Å². The van der Waals surface area contributed by atoms with Crippen LogP contribution in [0.25, 0.3) is 0 Å². The number of hydrogen-bond acceptors (Lipinski definition) is 3. The van der Waals surface area contributed by atoms with E-state index in [1.165, 1.54) is 13.0 Å². The molecule has 1 aromatic carbocycles. The van der Waals surface area contributed by atoms with E-state index in [1.54, 1.807) is 4.90 Å². The zero-order chi connectivity index (χ0) is 18.6. The molecule has 1 aliphatic heterocycles. The molecule has 0 radical (unpaired) electrons. The summed E-state index contributed by atoms with van der Waals surface area (Å²) in [6.45, 7) is 3.76.